The van der Waals surface area contributed by atoms with Crippen molar-refractivity contribution in [1.82, 2.24) is 9.97 Å². The third-order valence-corrected chi connectivity index (χ3v) is 3.14. The molecule has 0 aliphatic heterocycles. The van der Waals surface area contributed by atoms with Gasteiger partial charge in [-0.05, 0) is 34.1 Å². The van der Waals surface area contributed by atoms with Gasteiger partial charge in [0.25, 0.3) is 5.56 Å². The fourth-order valence-electron chi connectivity index (χ4n) is 1.26. The third-order valence-electron chi connectivity index (χ3n) is 2.15. The molecule has 0 saturated heterocycles. The number of aromatic carboxylic acids is 1. The van der Waals surface area contributed by atoms with E-state index in [2.05, 4.69) is 25.9 Å². The van der Waals surface area contributed by atoms with E-state index in [0.717, 1.165) is 6.33 Å². The molecule has 19 heavy (non-hydrogen) atoms. The number of H-pyrrole nitrogens is 1. The second-order valence-corrected chi connectivity index (χ2v) is 4.64. The van der Waals surface area contributed by atoms with Crippen LogP contribution in [0.3, 0.4) is 0 Å². The number of aromatic nitrogens is 2. The minimum Gasteiger partial charge on any atom is -0.478 e. The van der Waals surface area contributed by atoms with Gasteiger partial charge in [0.05, 0.1) is 16.4 Å². The molecule has 1 aromatic carbocycles. The summed E-state index contributed by atoms with van der Waals surface area (Å²) in [4.78, 5) is 28.2. The second kappa shape index (κ2) is 5.41. The Kier molecular flexibility index (Phi) is 3.87. The van der Waals surface area contributed by atoms with E-state index in [0.29, 0.717) is 4.47 Å². The smallest absolute Gasteiger partial charge is 0.335 e. The Morgan fingerprint density at radius 3 is 2.89 bits per heavy atom. The zero-order chi connectivity index (χ0) is 14.0. The minimum absolute atomic E-state index is 0.0409. The summed E-state index contributed by atoms with van der Waals surface area (Å²) < 4.78 is 5.85. The highest BCUT2D eigenvalue weighted by molar-refractivity contribution is 9.10. The second-order valence-electron chi connectivity index (χ2n) is 3.40. The Labute approximate surface area is 120 Å². The van der Waals surface area contributed by atoms with Crippen LogP contribution in [0.2, 0.25) is 5.02 Å². The van der Waals surface area contributed by atoms with E-state index in [1.165, 1.54) is 18.2 Å². The predicted molar refractivity (Wildman–Crippen MR) is 71.0 cm³/mol. The fraction of sp³-hybridized carbons (Fsp3) is 0. The molecule has 2 rings (SSSR count). The molecule has 0 fully saturated rings. The first-order valence-electron chi connectivity index (χ1n) is 4.93. The molecule has 0 spiro atoms. The number of rotatable bonds is 3. The topological polar surface area (TPSA) is 92.3 Å². The largest absolute Gasteiger partial charge is 0.478 e. The van der Waals surface area contributed by atoms with Crippen LogP contribution in [0.4, 0.5) is 0 Å². The lowest BCUT2D eigenvalue weighted by Gasteiger charge is -2.08. The van der Waals surface area contributed by atoms with Gasteiger partial charge in [-0.1, -0.05) is 11.6 Å². The van der Waals surface area contributed by atoms with Crippen molar-refractivity contribution >= 4 is 33.5 Å². The lowest BCUT2D eigenvalue weighted by molar-refractivity contribution is 0.0696. The molecular formula is C11H6BrClN2O4. The van der Waals surface area contributed by atoms with Crippen LogP contribution in [0.15, 0.2) is 33.8 Å². The van der Waals surface area contributed by atoms with Crippen LogP contribution < -0.4 is 10.3 Å². The first-order valence-corrected chi connectivity index (χ1v) is 6.10. The normalized spacial score (nSPS) is 10.2. The Morgan fingerprint density at radius 1 is 1.47 bits per heavy atom. The SMILES string of the molecule is O=C(O)c1ccc(Br)c(Oc2nc[nH]c(=O)c2Cl)c1. The highest BCUT2D eigenvalue weighted by atomic mass is 79.9. The maximum atomic E-state index is 11.3. The van der Waals surface area contributed by atoms with Gasteiger partial charge < -0.3 is 14.8 Å². The maximum absolute atomic E-state index is 11.3. The van der Waals surface area contributed by atoms with E-state index in [1.54, 1.807) is 0 Å². The summed E-state index contributed by atoms with van der Waals surface area (Å²) in [6, 6.07) is 4.22. The summed E-state index contributed by atoms with van der Waals surface area (Å²) in [5.74, 6) is -1.00. The molecule has 0 unspecified atom stereocenters. The van der Waals surface area contributed by atoms with E-state index in [4.69, 9.17) is 21.4 Å². The van der Waals surface area contributed by atoms with E-state index in [-0.39, 0.29) is 22.2 Å². The lowest BCUT2D eigenvalue weighted by atomic mass is 10.2. The molecule has 2 aromatic rings. The number of benzene rings is 1. The minimum atomic E-state index is -1.10. The number of carboxylic acids is 1. The van der Waals surface area contributed by atoms with Gasteiger partial charge in [-0.3, -0.25) is 4.79 Å². The number of ether oxygens (including phenoxy) is 1. The summed E-state index contributed by atoms with van der Waals surface area (Å²) in [6.07, 6.45) is 1.14. The Morgan fingerprint density at radius 2 is 2.21 bits per heavy atom. The average molecular weight is 346 g/mol. The Hall–Kier alpha value is -1.86. The van der Waals surface area contributed by atoms with Crippen LogP contribution in [-0.4, -0.2) is 21.0 Å². The van der Waals surface area contributed by atoms with Gasteiger partial charge in [0.2, 0.25) is 5.88 Å². The maximum Gasteiger partial charge on any atom is 0.335 e. The molecule has 0 aliphatic rings. The molecule has 0 saturated carbocycles. The summed E-state index contributed by atoms with van der Waals surface area (Å²) in [7, 11) is 0. The summed E-state index contributed by atoms with van der Waals surface area (Å²) in [6.45, 7) is 0. The molecule has 1 aromatic heterocycles. The zero-order valence-corrected chi connectivity index (χ0v) is 11.5. The van der Waals surface area contributed by atoms with Gasteiger partial charge in [0.1, 0.15) is 5.75 Å². The van der Waals surface area contributed by atoms with E-state index < -0.39 is 11.5 Å². The Bertz CT molecular complexity index is 701. The molecule has 8 heteroatoms. The molecular weight excluding hydrogens is 339 g/mol. The number of hydrogen-bond acceptors (Lipinski definition) is 4. The van der Waals surface area contributed by atoms with Crippen molar-refractivity contribution in [2.24, 2.45) is 0 Å². The quantitative estimate of drug-likeness (QED) is 0.892. The van der Waals surface area contributed by atoms with E-state index in [1.807, 2.05) is 0 Å². The van der Waals surface area contributed by atoms with Gasteiger partial charge in [0.15, 0.2) is 5.02 Å². The first kappa shape index (κ1) is 13.6. The van der Waals surface area contributed by atoms with Gasteiger partial charge in [-0.15, -0.1) is 0 Å². The standard InChI is InChI=1S/C11H6BrClN2O4/c12-6-2-1-5(11(17)18)3-7(6)19-10-8(13)9(16)14-4-15-10/h1-4H,(H,17,18)(H,14,15,16). The zero-order valence-electron chi connectivity index (χ0n) is 9.18. The van der Waals surface area contributed by atoms with Crippen LogP contribution in [0.25, 0.3) is 0 Å². The number of halogens is 2. The molecule has 0 atom stereocenters. The van der Waals surface area contributed by atoms with Gasteiger partial charge in [-0.25, -0.2) is 9.78 Å². The molecule has 0 amide bonds. The number of aromatic amines is 1. The monoisotopic (exact) mass is 344 g/mol. The van der Waals surface area contributed by atoms with Crippen molar-refractivity contribution in [3.05, 3.63) is 49.9 Å². The van der Waals surface area contributed by atoms with Gasteiger partial charge in [0, 0.05) is 0 Å². The summed E-state index contributed by atoms with van der Waals surface area (Å²) >= 11 is 8.94. The Balaban J connectivity index is 2.43. The molecule has 6 nitrogen and oxygen atoms in total. The van der Waals surface area contributed by atoms with Crippen molar-refractivity contribution in [3.63, 3.8) is 0 Å². The molecule has 0 aliphatic carbocycles. The molecule has 0 bridgehead atoms. The van der Waals surface area contributed by atoms with Crippen molar-refractivity contribution < 1.29 is 14.6 Å². The van der Waals surface area contributed by atoms with Gasteiger partial charge >= 0.3 is 5.97 Å². The first-order chi connectivity index (χ1) is 8.99. The van der Waals surface area contributed by atoms with Crippen LogP contribution in [-0.2, 0) is 0 Å². The van der Waals surface area contributed by atoms with Crippen LogP contribution in [0, 0.1) is 0 Å². The molecule has 0 radical (unpaired) electrons. The molecule has 2 N–H and O–H groups in total. The number of hydrogen-bond donors (Lipinski definition) is 2. The number of carbonyl (C=O) groups is 1. The van der Waals surface area contributed by atoms with Crippen LogP contribution >= 0.6 is 27.5 Å². The van der Waals surface area contributed by atoms with Crippen LogP contribution in [0.5, 0.6) is 11.6 Å². The van der Waals surface area contributed by atoms with E-state index >= 15 is 0 Å². The van der Waals surface area contributed by atoms with Crippen LogP contribution in [0.1, 0.15) is 10.4 Å². The summed E-state index contributed by atoms with van der Waals surface area (Å²) in [5.41, 5.74) is -0.503. The number of carboxylic acid groups (broad SMARTS) is 1. The lowest BCUT2D eigenvalue weighted by Crippen LogP contribution is -2.08. The predicted octanol–water partition coefficient (Wildman–Crippen LogP) is 2.68. The van der Waals surface area contributed by atoms with Crippen molar-refractivity contribution in [3.8, 4) is 11.6 Å². The molecule has 98 valence electrons. The highest BCUT2D eigenvalue weighted by Gasteiger charge is 2.13. The molecule has 1 heterocycles. The van der Waals surface area contributed by atoms with Gasteiger partial charge in [-0.2, -0.15) is 0 Å². The van der Waals surface area contributed by atoms with Crippen molar-refractivity contribution in [2.75, 3.05) is 0 Å². The number of nitrogens with zero attached hydrogens (tertiary/aromatic N) is 1. The average Bonchev–Trinajstić information content (AvgIpc) is 2.37. The number of nitrogens with one attached hydrogen (secondary N) is 1. The summed E-state index contributed by atoms with van der Waals surface area (Å²) in [5, 5.41) is 8.68. The van der Waals surface area contributed by atoms with E-state index in [9.17, 15) is 9.59 Å². The van der Waals surface area contributed by atoms with Crippen molar-refractivity contribution in [1.29, 1.82) is 0 Å². The highest BCUT2D eigenvalue weighted by Crippen LogP contribution is 2.31. The fourth-order valence-corrected chi connectivity index (χ4v) is 1.73. The third kappa shape index (κ3) is 2.94. The van der Waals surface area contributed by atoms with Crippen molar-refractivity contribution in [2.45, 2.75) is 0 Å².